The van der Waals surface area contributed by atoms with Gasteiger partial charge in [-0.15, -0.1) is 0 Å². The molecule has 0 spiro atoms. The van der Waals surface area contributed by atoms with E-state index in [1.54, 1.807) is 13.0 Å². The summed E-state index contributed by atoms with van der Waals surface area (Å²) in [7, 11) is 0. The van der Waals surface area contributed by atoms with Crippen LogP contribution in [0.5, 0.6) is 0 Å². The smallest absolute Gasteiger partial charge is 0.324 e. The van der Waals surface area contributed by atoms with Crippen LogP contribution in [0.15, 0.2) is 48.5 Å². The highest BCUT2D eigenvalue weighted by atomic mass is 16.2. The van der Waals surface area contributed by atoms with Gasteiger partial charge in [0.25, 0.3) is 5.91 Å². The fourth-order valence-corrected chi connectivity index (χ4v) is 3.31. The van der Waals surface area contributed by atoms with Gasteiger partial charge in [0.2, 0.25) is 5.91 Å². The Morgan fingerprint density at radius 1 is 1.10 bits per heavy atom. The zero-order valence-corrected chi connectivity index (χ0v) is 16.9. The molecule has 2 aromatic rings. The topological polar surface area (TPSA) is 90.5 Å². The minimum atomic E-state index is -1.19. The first kappa shape index (κ1) is 20.5. The lowest BCUT2D eigenvalue weighted by Gasteiger charge is -2.22. The predicted molar refractivity (Wildman–Crippen MR) is 111 cm³/mol. The number of carbonyl (C=O) groups is 3. The molecule has 7 heteroatoms. The number of nitrogens with one attached hydrogen (secondary N) is 3. The molecule has 29 heavy (non-hydrogen) atoms. The summed E-state index contributed by atoms with van der Waals surface area (Å²) in [6, 6.07) is 14.3. The zero-order chi connectivity index (χ0) is 21.0. The van der Waals surface area contributed by atoms with Crippen LogP contribution in [0.3, 0.4) is 0 Å². The van der Waals surface area contributed by atoms with Gasteiger partial charge in [-0.1, -0.05) is 55.0 Å². The molecule has 1 atom stereocenters. The maximum atomic E-state index is 13.0. The summed E-state index contributed by atoms with van der Waals surface area (Å²) in [5, 5.41) is 8.75. The summed E-state index contributed by atoms with van der Waals surface area (Å²) in [6.45, 7) is 6.68. The van der Waals surface area contributed by atoms with E-state index < -0.39 is 23.4 Å². The van der Waals surface area contributed by atoms with Crippen LogP contribution in [-0.4, -0.2) is 35.8 Å². The van der Waals surface area contributed by atoms with Crippen LogP contribution >= 0.6 is 0 Å². The molecule has 152 valence electrons. The van der Waals surface area contributed by atoms with E-state index in [2.05, 4.69) is 16.0 Å². The Bertz CT molecular complexity index is 926. The molecule has 0 bridgehead atoms. The summed E-state index contributed by atoms with van der Waals surface area (Å²) in [6.07, 6.45) is 0. The van der Waals surface area contributed by atoms with Gasteiger partial charge in [-0.25, -0.2) is 4.79 Å². The Hall–Kier alpha value is -3.19. The maximum absolute atomic E-state index is 13.0. The van der Waals surface area contributed by atoms with Crippen molar-refractivity contribution in [2.45, 2.75) is 32.9 Å². The van der Waals surface area contributed by atoms with Crippen molar-refractivity contribution in [3.05, 3.63) is 65.2 Å². The Morgan fingerprint density at radius 3 is 2.48 bits per heavy atom. The summed E-state index contributed by atoms with van der Waals surface area (Å²) in [4.78, 5) is 38.9. The van der Waals surface area contributed by atoms with Crippen molar-refractivity contribution in [2.75, 3.05) is 18.4 Å². The first-order valence-electron chi connectivity index (χ1n) is 9.65. The minimum absolute atomic E-state index is 0.346. The van der Waals surface area contributed by atoms with Crippen molar-refractivity contribution in [3.8, 4) is 0 Å². The van der Waals surface area contributed by atoms with E-state index in [9.17, 15) is 14.4 Å². The average molecular weight is 394 g/mol. The van der Waals surface area contributed by atoms with Crippen LogP contribution in [0, 0.1) is 6.92 Å². The largest absolute Gasteiger partial charge is 0.325 e. The highest BCUT2D eigenvalue weighted by Crippen LogP contribution is 2.29. The highest BCUT2D eigenvalue weighted by molar-refractivity contribution is 6.10. The molecule has 4 amide bonds. The SMILES string of the molecule is CCNCc1ccccc1NC(=O)CN1C(=O)NC(C)(c2ccc(C)cc2)C1=O. The third-order valence-electron chi connectivity index (χ3n) is 5.06. The quantitative estimate of drug-likeness (QED) is 0.630. The number of hydrogen-bond acceptors (Lipinski definition) is 4. The number of urea groups is 1. The molecule has 0 saturated carbocycles. The van der Waals surface area contributed by atoms with Gasteiger partial charge in [-0.3, -0.25) is 14.5 Å². The predicted octanol–water partition coefficient (Wildman–Crippen LogP) is 2.51. The van der Waals surface area contributed by atoms with Crippen molar-refractivity contribution < 1.29 is 14.4 Å². The normalized spacial score (nSPS) is 18.7. The van der Waals surface area contributed by atoms with Gasteiger partial charge in [-0.05, 0) is 37.6 Å². The molecule has 3 rings (SSSR count). The van der Waals surface area contributed by atoms with Crippen LogP contribution in [0.2, 0.25) is 0 Å². The number of para-hydroxylation sites is 1. The molecule has 1 aliphatic rings. The molecule has 1 unspecified atom stereocenters. The number of amides is 4. The van der Waals surface area contributed by atoms with Crippen LogP contribution < -0.4 is 16.0 Å². The first-order chi connectivity index (χ1) is 13.8. The number of nitrogens with zero attached hydrogens (tertiary/aromatic N) is 1. The second kappa shape index (κ2) is 8.45. The molecule has 0 radical (unpaired) electrons. The monoisotopic (exact) mass is 394 g/mol. The number of anilines is 1. The van der Waals surface area contributed by atoms with Gasteiger partial charge in [0.1, 0.15) is 12.1 Å². The van der Waals surface area contributed by atoms with E-state index >= 15 is 0 Å². The summed E-state index contributed by atoms with van der Waals surface area (Å²) in [5.41, 5.74) is 2.15. The number of hydrogen-bond donors (Lipinski definition) is 3. The molecule has 1 saturated heterocycles. The van der Waals surface area contributed by atoms with Gasteiger partial charge in [0.05, 0.1) is 0 Å². The first-order valence-corrected chi connectivity index (χ1v) is 9.65. The molecular formula is C22H26N4O3. The van der Waals surface area contributed by atoms with Gasteiger partial charge >= 0.3 is 6.03 Å². The fourth-order valence-electron chi connectivity index (χ4n) is 3.31. The van der Waals surface area contributed by atoms with Crippen LogP contribution in [0.4, 0.5) is 10.5 Å². The van der Waals surface area contributed by atoms with Crippen LogP contribution in [0.25, 0.3) is 0 Å². The standard InChI is InChI=1S/C22H26N4O3/c1-4-23-13-16-7-5-6-8-18(16)24-19(27)14-26-20(28)22(3,25-21(26)29)17-11-9-15(2)10-12-17/h5-12,23H,4,13-14H2,1-3H3,(H,24,27)(H,25,29). The summed E-state index contributed by atoms with van der Waals surface area (Å²) in [5.74, 6) is -0.868. The van der Waals surface area contributed by atoms with E-state index in [1.807, 2.05) is 56.3 Å². The van der Waals surface area contributed by atoms with Crippen molar-refractivity contribution in [1.82, 2.24) is 15.5 Å². The van der Waals surface area contributed by atoms with Crippen LogP contribution in [0.1, 0.15) is 30.5 Å². The molecule has 0 aliphatic carbocycles. The van der Waals surface area contributed by atoms with Crippen molar-refractivity contribution >= 4 is 23.5 Å². The molecule has 1 fully saturated rings. The lowest BCUT2D eigenvalue weighted by molar-refractivity contribution is -0.133. The van der Waals surface area contributed by atoms with Crippen LogP contribution in [-0.2, 0) is 21.7 Å². The third kappa shape index (κ3) is 4.30. The molecule has 1 aliphatic heterocycles. The minimum Gasteiger partial charge on any atom is -0.324 e. The number of imide groups is 1. The molecule has 1 heterocycles. The number of rotatable bonds is 7. The molecule has 7 nitrogen and oxygen atoms in total. The lowest BCUT2D eigenvalue weighted by atomic mass is 9.91. The summed E-state index contributed by atoms with van der Waals surface area (Å²) < 4.78 is 0. The number of benzene rings is 2. The van der Waals surface area contributed by atoms with Gasteiger partial charge in [0.15, 0.2) is 0 Å². The van der Waals surface area contributed by atoms with Crippen molar-refractivity contribution in [2.24, 2.45) is 0 Å². The zero-order valence-electron chi connectivity index (χ0n) is 16.9. The second-order valence-electron chi connectivity index (χ2n) is 7.30. The van der Waals surface area contributed by atoms with Crippen molar-refractivity contribution in [1.29, 1.82) is 0 Å². The third-order valence-corrected chi connectivity index (χ3v) is 5.06. The average Bonchev–Trinajstić information content (AvgIpc) is 2.91. The van der Waals surface area contributed by atoms with Gasteiger partial charge < -0.3 is 16.0 Å². The van der Waals surface area contributed by atoms with E-state index in [4.69, 9.17) is 0 Å². The Labute approximate surface area is 170 Å². The molecule has 3 N–H and O–H groups in total. The van der Waals surface area contributed by atoms with E-state index in [0.29, 0.717) is 17.8 Å². The van der Waals surface area contributed by atoms with E-state index in [0.717, 1.165) is 22.6 Å². The Balaban J connectivity index is 1.72. The Kier molecular flexibility index (Phi) is 5.98. The highest BCUT2D eigenvalue weighted by Gasteiger charge is 2.49. The van der Waals surface area contributed by atoms with E-state index in [1.165, 1.54) is 0 Å². The van der Waals surface area contributed by atoms with Crippen molar-refractivity contribution in [3.63, 3.8) is 0 Å². The fraction of sp³-hybridized carbons (Fsp3) is 0.318. The van der Waals surface area contributed by atoms with Gasteiger partial charge in [-0.2, -0.15) is 0 Å². The lowest BCUT2D eigenvalue weighted by Crippen LogP contribution is -2.42. The summed E-state index contributed by atoms with van der Waals surface area (Å²) >= 11 is 0. The van der Waals surface area contributed by atoms with Gasteiger partial charge in [0, 0.05) is 12.2 Å². The number of carbonyl (C=O) groups excluding carboxylic acids is 3. The molecule has 2 aromatic carbocycles. The Morgan fingerprint density at radius 2 is 1.79 bits per heavy atom. The molecular weight excluding hydrogens is 368 g/mol. The molecule has 0 aromatic heterocycles. The van der Waals surface area contributed by atoms with E-state index in [-0.39, 0.29) is 6.54 Å². The maximum Gasteiger partial charge on any atom is 0.325 e. The second-order valence-corrected chi connectivity index (χ2v) is 7.30. The number of aryl methyl sites for hydroxylation is 1.